The molecule has 0 heterocycles. The molecule has 148 valence electrons. The summed E-state index contributed by atoms with van der Waals surface area (Å²) in [5, 5.41) is 12.7. The first-order chi connectivity index (χ1) is 14.7. The molecule has 1 nitrogen and oxygen atoms in total. The molecule has 0 amide bonds. The molecule has 0 N–H and O–H groups in total. The zero-order valence-electron chi connectivity index (χ0n) is 16.8. The van der Waals surface area contributed by atoms with Gasteiger partial charge in [-0.2, -0.15) is 5.26 Å². The Bertz CT molecular complexity index is 980. The molecule has 1 unspecified atom stereocenters. The van der Waals surface area contributed by atoms with Gasteiger partial charge in [0.2, 0.25) is 0 Å². The highest BCUT2D eigenvalue weighted by molar-refractivity contribution is 7.79. The fourth-order valence-electron chi connectivity index (χ4n) is 3.03. The first kappa shape index (κ1) is 21.8. The number of alkyl halides is 1. The summed E-state index contributed by atoms with van der Waals surface area (Å²) in [5.41, 5.74) is 1.65. The smallest absolute Gasteiger partial charge is 0.0991 e. The summed E-state index contributed by atoms with van der Waals surface area (Å²) < 4.78 is 0. The van der Waals surface area contributed by atoms with E-state index in [2.05, 4.69) is 97.1 Å². The fraction of sp³-hybridized carbons (Fsp3) is 0.0741. The third kappa shape index (κ3) is 6.04. The second-order valence-corrected chi connectivity index (χ2v) is 9.57. The Morgan fingerprint density at radius 1 is 0.667 bits per heavy atom. The lowest BCUT2D eigenvalue weighted by atomic mass is 10.1. The number of hydrogen-bond acceptors (Lipinski definition) is 1. The Morgan fingerprint density at radius 2 is 1.10 bits per heavy atom. The molecule has 0 saturated heterocycles. The van der Waals surface area contributed by atoms with Gasteiger partial charge in [-0.1, -0.05) is 103 Å². The largest absolute Gasteiger partial charge is 0.192 e. The van der Waals surface area contributed by atoms with Crippen molar-refractivity contribution in [1.82, 2.24) is 0 Å². The van der Waals surface area contributed by atoms with Gasteiger partial charge in [-0.15, -0.1) is 11.6 Å². The van der Waals surface area contributed by atoms with Gasteiger partial charge in [-0.05, 0) is 48.5 Å². The molecule has 0 fully saturated rings. The maximum atomic E-state index is 8.55. The van der Waals surface area contributed by atoms with Gasteiger partial charge in [0.05, 0.1) is 17.0 Å². The van der Waals surface area contributed by atoms with Crippen molar-refractivity contribution < 1.29 is 0 Å². The van der Waals surface area contributed by atoms with Gasteiger partial charge in [0, 0.05) is 0 Å². The van der Waals surface area contributed by atoms with E-state index in [1.807, 2.05) is 19.1 Å². The van der Waals surface area contributed by atoms with Crippen LogP contribution in [0.1, 0.15) is 23.4 Å². The van der Waals surface area contributed by atoms with Gasteiger partial charge in [0.1, 0.15) is 0 Å². The van der Waals surface area contributed by atoms with Crippen LogP contribution in [-0.4, -0.2) is 0 Å². The van der Waals surface area contributed by atoms with Gasteiger partial charge in [0.15, 0.2) is 0 Å². The van der Waals surface area contributed by atoms with E-state index in [1.54, 1.807) is 12.1 Å². The lowest BCUT2D eigenvalue weighted by Crippen LogP contribution is -2.20. The Labute approximate surface area is 185 Å². The van der Waals surface area contributed by atoms with Crippen molar-refractivity contribution in [3.05, 3.63) is 126 Å². The molecule has 3 heteroatoms. The van der Waals surface area contributed by atoms with E-state index in [0.29, 0.717) is 5.56 Å². The number of rotatable bonds is 4. The third-order valence-electron chi connectivity index (χ3n) is 4.52. The Kier molecular flexibility index (Phi) is 8.22. The van der Waals surface area contributed by atoms with E-state index >= 15 is 0 Å². The Hall–Kier alpha value is -2.91. The Balaban J connectivity index is 0.000000199. The van der Waals surface area contributed by atoms with E-state index < -0.39 is 7.92 Å². The van der Waals surface area contributed by atoms with Crippen molar-refractivity contribution in [1.29, 1.82) is 5.26 Å². The van der Waals surface area contributed by atoms with Crippen LogP contribution in [0.3, 0.4) is 0 Å². The van der Waals surface area contributed by atoms with Crippen molar-refractivity contribution in [2.24, 2.45) is 0 Å². The van der Waals surface area contributed by atoms with Gasteiger partial charge in [-0.3, -0.25) is 0 Å². The molecule has 0 bridgehead atoms. The minimum Gasteiger partial charge on any atom is -0.192 e. The monoisotopic (exact) mass is 427 g/mol. The van der Waals surface area contributed by atoms with Crippen LogP contribution in [-0.2, 0) is 0 Å². The lowest BCUT2D eigenvalue weighted by molar-refractivity contribution is 1.08. The van der Waals surface area contributed by atoms with E-state index in [1.165, 1.54) is 15.9 Å². The molecule has 0 aliphatic rings. The number of benzene rings is 4. The standard InChI is InChI=1S/C18H15P.C9H8ClN/c1-4-10-16(11-5-1)19(17-12-6-2-7-13-17)18-14-8-3-9-15-18;1-7(10)9-4-2-3-8(5-9)6-11/h1-15H;2-5,7H,1H3. The van der Waals surface area contributed by atoms with Crippen LogP contribution < -0.4 is 15.9 Å². The highest BCUT2D eigenvalue weighted by Crippen LogP contribution is 2.32. The predicted octanol–water partition coefficient (Wildman–Crippen LogP) is 6.30. The molecule has 0 aliphatic carbocycles. The summed E-state index contributed by atoms with van der Waals surface area (Å²) in [6, 6.07) is 41.7. The molecule has 4 aromatic rings. The van der Waals surface area contributed by atoms with Crippen molar-refractivity contribution in [2.45, 2.75) is 12.3 Å². The van der Waals surface area contributed by atoms with Crippen molar-refractivity contribution >= 4 is 35.4 Å². The lowest BCUT2D eigenvalue weighted by Gasteiger charge is -2.18. The molecular formula is C27H23ClNP. The van der Waals surface area contributed by atoms with Crippen LogP contribution in [0, 0.1) is 11.3 Å². The topological polar surface area (TPSA) is 23.8 Å². The minimum atomic E-state index is -0.446. The quantitative estimate of drug-likeness (QED) is 0.277. The first-order valence-corrected chi connectivity index (χ1v) is 11.6. The van der Waals surface area contributed by atoms with Crippen molar-refractivity contribution in [3.63, 3.8) is 0 Å². The summed E-state index contributed by atoms with van der Waals surface area (Å²) in [6.07, 6.45) is 0. The second kappa shape index (κ2) is 11.3. The third-order valence-corrected chi connectivity index (χ3v) is 7.21. The molecule has 4 rings (SSSR count). The number of halogens is 1. The number of hydrogen-bond donors (Lipinski definition) is 0. The Morgan fingerprint density at radius 3 is 1.47 bits per heavy atom. The van der Waals surface area contributed by atoms with Gasteiger partial charge in [-0.25, -0.2) is 0 Å². The van der Waals surface area contributed by atoms with E-state index in [0.717, 1.165) is 5.56 Å². The second-order valence-electron chi connectivity index (χ2n) is 6.70. The minimum absolute atomic E-state index is 0.0247. The fourth-order valence-corrected chi connectivity index (χ4v) is 5.48. The molecule has 0 aliphatic heterocycles. The molecular weight excluding hydrogens is 405 g/mol. The molecule has 30 heavy (non-hydrogen) atoms. The van der Waals surface area contributed by atoms with E-state index in [-0.39, 0.29) is 5.38 Å². The summed E-state index contributed by atoms with van der Waals surface area (Å²) >= 11 is 5.82. The van der Waals surface area contributed by atoms with Crippen LogP contribution in [0.15, 0.2) is 115 Å². The summed E-state index contributed by atoms with van der Waals surface area (Å²) in [7, 11) is -0.446. The van der Waals surface area contributed by atoms with Gasteiger partial charge >= 0.3 is 0 Å². The molecule has 4 aromatic carbocycles. The van der Waals surface area contributed by atoms with E-state index in [9.17, 15) is 0 Å². The van der Waals surface area contributed by atoms with Crippen LogP contribution >= 0.6 is 19.5 Å². The highest BCUT2D eigenvalue weighted by Gasteiger charge is 2.14. The average Bonchev–Trinajstić information content (AvgIpc) is 2.82. The molecule has 0 radical (unpaired) electrons. The molecule has 0 aromatic heterocycles. The maximum Gasteiger partial charge on any atom is 0.0991 e. The van der Waals surface area contributed by atoms with Gasteiger partial charge in [0.25, 0.3) is 0 Å². The predicted molar refractivity (Wildman–Crippen MR) is 131 cm³/mol. The summed E-state index contributed by atoms with van der Waals surface area (Å²) in [6.45, 7) is 1.89. The van der Waals surface area contributed by atoms with Crippen LogP contribution in [0.2, 0.25) is 0 Å². The first-order valence-electron chi connectivity index (χ1n) is 9.78. The summed E-state index contributed by atoms with van der Waals surface area (Å²) in [4.78, 5) is 0. The molecule has 1 atom stereocenters. The van der Waals surface area contributed by atoms with Crippen LogP contribution in [0.5, 0.6) is 0 Å². The number of nitriles is 1. The normalized spacial score (nSPS) is 11.1. The average molecular weight is 428 g/mol. The van der Waals surface area contributed by atoms with Crippen LogP contribution in [0.4, 0.5) is 0 Å². The van der Waals surface area contributed by atoms with Crippen molar-refractivity contribution in [2.75, 3.05) is 0 Å². The van der Waals surface area contributed by atoms with Gasteiger partial charge < -0.3 is 0 Å². The van der Waals surface area contributed by atoms with Crippen molar-refractivity contribution in [3.8, 4) is 6.07 Å². The maximum absolute atomic E-state index is 8.55. The zero-order valence-corrected chi connectivity index (χ0v) is 18.5. The SMILES string of the molecule is CC(Cl)c1cccc(C#N)c1.c1ccc(P(c2ccccc2)c2ccccc2)cc1. The number of nitrogens with zero attached hydrogens (tertiary/aromatic N) is 1. The van der Waals surface area contributed by atoms with E-state index in [4.69, 9.17) is 16.9 Å². The molecule has 0 spiro atoms. The zero-order chi connectivity index (χ0) is 21.2. The highest BCUT2D eigenvalue weighted by atomic mass is 35.5. The summed E-state index contributed by atoms with van der Waals surface area (Å²) in [5.74, 6) is 0. The molecule has 0 saturated carbocycles. The van der Waals surface area contributed by atoms with Crippen LogP contribution in [0.25, 0.3) is 0 Å².